The molecule has 0 bridgehead atoms. The van der Waals surface area contributed by atoms with Crippen molar-refractivity contribution in [2.45, 2.75) is 20.4 Å². The molecule has 1 aromatic rings. The molecule has 0 aliphatic rings. The number of benzene rings is 1. The van der Waals surface area contributed by atoms with Gasteiger partial charge in [-0.15, -0.1) is 12.4 Å². The number of anilines is 1. The highest BCUT2D eigenvalue weighted by Gasteiger charge is 2.05. The number of phenols is 1. The van der Waals surface area contributed by atoms with E-state index in [1.807, 2.05) is 12.1 Å². The van der Waals surface area contributed by atoms with E-state index in [9.17, 15) is 5.11 Å². The Morgan fingerprint density at radius 2 is 1.87 bits per heavy atom. The molecule has 1 aromatic carbocycles. The van der Waals surface area contributed by atoms with Crippen molar-refractivity contribution in [2.75, 3.05) is 18.8 Å². The van der Waals surface area contributed by atoms with Crippen LogP contribution < -0.4 is 5.73 Å². The number of nitrogens with two attached hydrogens (primary N) is 1. The lowest BCUT2D eigenvalue weighted by atomic mass is 10.1. The van der Waals surface area contributed by atoms with Gasteiger partial charge in [0.25, 0.3) is 0 Å². The van der Waals surface area contributed by atoms with Crippen LogP contribution in [0.25, 0.3) is 0 Å². The molecule has 86 valence electrons. The van der Waals surface area contributed by atoms with E-state index in [0.29, 0.717) is 5.69 Å². The molecule has 0 aromatic heterocycles. The van der Waals surface area contributed by atoms with E-state index in [2.05, 4.69) is 18.7 Å². The quantitative estimate of drug-likeness (QED) is 0.780. The summed E-state index contributed by atoms with van der Waals surface area (Å²) in [6, 6.07) is 5.29. The third-order valence-corrected chi connectivity index (χ3v) is 2.40. The Bertz CT molecular complexity index is 301. The zero-order chi connectivity index (χ0) is 10.6. The van der Waals surface area contributed by atoms with Crippen molar-refractivity contribution in [2.24, 2.45) is 0 Å². The molecule has 3 N–H and O–H groups in total. The van der Waals surface area contributed by atoms with Gasteiger partial charge in [0, 0.05) is 23.9 Å². The van der Waals surface area contributed by atoms with Gasteiger partial charge >= 0.3 is 0 Å². The molecular weight excluding hydrogens is 212 g/mol. The standard InChI is InChI=1S/C11H18N2O.ClH/c1-3-13(4-2)8-9-5-6-10(12)7-11(9)14;/h5-7,14H,3-4,8,12H2,1-2H3;1H. The van der Waals surface area contributed by atoms with Crippen molar-refractivity contribution in [3.05, 3.63) is 23.8 Å². The molecular formula is C11H19ClN2O. The molecule has 15 heavy (non-hydrogen) atoms. The van der Waals surface area contributed by atoms with Crippen LogP contribution in [0.5, 0.6) is 5.75 Å². The molecule has 0 heterocycles. The van der Waals surface area contributed by atoms with Crippen LogP contribution in [0.2, 0.25) is 0 Å². The van der Waals surface area contributed by atoms with Crippen molar-refractivity contribution in [3.63, 3.8) is 0 Å². The molecule has 0 fully saturated rings. The summed E-state index contributed by atoms with van der Waals surface area (Å²) in [5, 5.41) is 9.62. The Morgan fingerprint density at radius 1 is 1.27 bits per heavy atom. The Hall–Kier alpha value is -0.930. The third-order valence-electron chi connectivity index (χ3n) is 2.40. The monoisotopic (exact) mass is 230 g/mol. The maximum absolute atomic E-state index is 9.62. The van der Waals surface area contributed by atoms with Crippen molar-refractivity contribution >= 4 is 18.1 Å². The van der Waals surface area contributed by atoms with Gasteiger partial charge in [-0.1, -0.05) is 19.9 Å². The van der Waals surface area contributed by atoms with Gasteiger partial charge in [0.15, 0.2) is 0 Å². The Kier molecular flexibility index (Phi) is 6.13. The third kappa shape index (κ3) is 3.98. The van der Waals surface area contributed by atoms with E-state index in [1.54, 1.807) is 6.07 Å². The lowest BCUT2D eigenvalue weighted by Gasteiger charge is -2.18. The highest BCUT2D eigenvalue weighted by atomic mass is 35.5. The lowest BCUT2D eigenvalue weighted by Crippen LogP contribution is -2.22. The van der Waals surface area contributed by atoms with E-state index in [0.717, 1.165) is 25.2 Å². The average Bonchev–Trinajstić information content (AvgIpc) is 2.17. The summed E-state index contributed by atoms with van der Waals surface area (Å²) >= 11 is 0. The molecule has 4 heteroatoms. The zero-order valence-corrected chi connectivity index (χ0v) is 10.0. The molecule has 0 unspecified atom stereocenters. The fraction of sp³-hybridized carbons (Fsp3) is 0.455. The fourth-order valence-electron chi connectivity index (χ4n) is 1.40. The van der Waals surface area contributed by atoms with Gasteiger partial charge in [0.2, 0.25) is 0 Å². The van der Waals surface area contributed by atoms with E-state index in [1.165, 1.54) is 0 Å². The molecule has 0 spiro atoms. The summed E-state index contributed by atoms with van der Waals surface area (Å²) in [6.45, 7) is 6.97. The smallest absolute Gasteiger partial charge is 0.122 e. The second-order valence-corrected chi connectivity index (χ2v) is 3.35. The van der Waals surface area contributed by atoms with E-state index in [4.69, 9.17) is 5.73 Å². The van der Waals surface area contributed by atoms with E-state index < -0.39 is 0 Å². The van der Waals surface area contributed by atoms with Gasteiger partial charge in [0.05, 0.1) is 0 Å². The zero-order valence-electron chi connectivity index (χ0n) is 9.23. The summed E-state index contributed by atoms with van der Waals surface area (Å²) in [5.41, 5.74) is 7.09. The summed E-state index contributed by atoms with van der Waals surface area (Å²) in [4.78, 5) is 2.24. The van der Waals surface area contributed by atoms with E-state index in [-0.39, 0.29) is 18.2 Å². The van der Waals surface area contributed by atoms with Gasteiger partial charge in [-0.05, 0) is 19.2 Å². The lowest BCUT2D eigenvalue weighted by molar-refractivity contribution is 0.291. The summed E-state index contributed by atoms with van der Waals surface area (Å²) in [6.07, 6.45) is 0. The first-order valence-electron chi connectivity index (χ1n) is 4.97. The highest BCUT2D eigenvalue weighted by Crippen LogP contribution is 2.21. The predicted molar refractivity (Wildman–Crippen MR) is 66.4 cm³/mol. The Morgan fingerprint density at radius 3 is 2.33 bits per heavy atom. The minimum Gasteiger partial charge on any atom is -0.508 e. The predicted octanol–water partition coefficient (Wildman–Crippen LogP) is 2.24. The van der Waals surface area contributed by atoms with Crippen LogP contribution in [0, 0.1) is 0 Å². The van der Waals surface area contributed by atoms with Crippen LogP contribution in [-0.4, -0.2) is 23.1 Å². The molecule has 0 saturated heterocycles. The van der Waals surface area contributed by atoms with Crippen molar-refractivity contribution < 1.29 is 5.11 Å². The molecule has 3 nitrogen and oxygen atoms in total. The van der Waals surface area contributed by atoms with Crippen LogP contribution >= 0.6 is 12.4 Å². The average molecular weight is 231 g/mol. The molecule has 0 aliphatic carbocycles. The summed E-state index contributed by atoms with van der Waals surface area (Å²) in [7, 11) is 0. The van der Waals surface area contributed by atoms with Gasteiger partial charge in [-0.25, -0.2) is 0 Å². The molecule has 0 radical (unpaired) electrons. The Labute approximate surface area is 97.3 Å². The number of nitrogen functional groups attached to an aromatic ring is 1. The number of nitrogens with zero attached hydrogens (tertiary/aromatic N) is 1. The summed E-state index contributed by atoms with van der Waals surface area (Å²) < 4.78 is 0. The first-order valence-corrected chi connectivity index (χ1v) is 4.97. The second kappa shape index (κ2) is 6.53. The van der Waals surface area contributed by atoms with Crippen LogP contribution in [-0.2, 0) is 6.54 Å². The maximum Gasteiger partial charge on any atom is 0.122 e. The van der Waals surface area contributed by atoms with Gasteiger partial charge in [0.1, 0.15) is 5.75 Å². The fourth-order valence-corrected chi connectivity index (χ4v) is 1.40. The number of halogens is 1. The Balaban J connectivity index is 0.00000196. The molecule has 0 aliphatic heterocycles. The van der Waals surface area contributed by atoms with Crippen molar-refractivity contribution in [1.29, 1.82) is 0 Å². The first kappa shape index (κ1) is 14.1. The SMILES string of the molecule is CCN(CC)Cc1ccc(N)cc1O.Cl. The number of hydrogen-bond donors (Lipinski definition) is 2. The highest BCUT2D eigenvalue weighted by molar-refractivity contribution is 5.85. The second-order valence-electron chi connectivity index (χ2n) is 3.35. The van der Waals surface area contributed by atoms with Crippen LogP contribution in [0.4, 0.5) is 5.69 Å². The first-order chi connectivity index (χ1) is 6.67. The van der Waals surface area contributed by atoms with Gasteiger partial charge in [-0.2, -0.15) is 0 Å². The van der Waals surface area contributed by atoms with Crippen LogP contribution in [0.3, 0.4) is 0 Å². The van der Waals surface area contributed by atoms with Crippen molar-refractivity contribution in [1.82, 2.24) is 4.90 Å². The number of hydrogen-bond acceptors (Lipinski definition) is 3. The topological polar surface area (TPSA) is 49.5 Å². The normalized spacial score (nSPS) is 10.1. The molecule has 0 saturated carbocycles. The minimum atomic E-state index is 0. The number of rotatable bonds is 4. The maximum atomic E-state index is 9.62. The molecule has 0 atom stereocenters. The minimum absolute atomic E-state index is 0. The van der Waals surface area contributed by atoms with Crippen molar-refractivity contribution in [3.8, 4) is 5.75 Å². The molecule has 1 rings (SSSR count). The molecule has 0 amide bonds. The van der Waals surface area contributed by atoms with Crippen LogP contribution in [0.15, 0.2) is 18.2 Å². The largest absolute Gasteiger partial charge is 0.508 e. The van der Waals surface area contributed by atoms with Gasteiger partial charge < -0.3 is 10.8 Å². The summed E-state index contributed by atoms with van der Waals surface area (Å²) in [5.74, 6) is 0.289. The van der Waals surface area contributed by atoms with E-state index >= 15 is 0 Å². The van der Waals surface area contributed by atoms with Crippen LogP contribution in [0.1, 0.15) is 19.4 Å². The number of phenolic OH excluding ortho intramolecular Hbond substituents is 1. The van der Waals surface area contributed by atoms with Gasteiger partial charge in [-0.3, -0.25) is 4.90 Å². The number of aromatic hydroxyl groups is 1.